The summed E-state index contributed by atoms with van der Waals surface area (Å²) < 4.78 is 11.2. The Labute approximate surface area is 160 Å². The molecule has 0 bridgehead atoms. The average Bonchev–Trinajstić information content (AvgIpc) is 2.71. The van der Waals surface area contributed by atoms with Gasteiger partial charge in [0.15, 0.2) is 0 Å². The molecular formula is C22H26N2O3. The number of para-hydroxylation sites is 1. The van der Waals surface area contributed by atoms with E-state index in [0.29, 0.717) is 26.3 Å². The Bertz CT molecular complexity index is 704. The molecule has 0 aliphatic carbocycles. The first-order chi connectivity index (χ1) is 13.2. The quantitative estimate of drug-likeness (QED) is 0.459. The third-order valence-electron chi connectivity index (χ3n) is 3.71. The lowest BCUT2D eigenvalue weighted by Gasteiger charge is -2.19. The van der Waals surface area contributed by atoms with Crippen LogP contribution in [-0.4, -0.2) is 43.7 Å². The number of anilines is 1. The first-order valence-corrected chi connectivity index (χ1v) is 8.87. The fourth-order valence-electron chi connectivity index (χ4n) is 2.38. The molecule has 0 saturated carbocycles. The number of ether oxygens (including phenoxy) is 2. The second-order valence-corrected chi connectivity index (χ2v) is 5.76. The van der Waals surface area contributed by atoms with Crippen molar-refractivity contribution in [3.8, 4) is 11.5 Å². The lowest BCUT2D eigenvalue weighted by molar-refractivity contribution is -0.128. The van der Waals surface area contributed by atoms with Crippen LogP contribution in [0, 0.1) is 0 Å². The van der Waals surface area contributed by atoms with Crippen molar-refractivity contribution in [3.63, 3.8) is 0 Å². The van der Waals surface area contributed by atoms with Gasteiger partial charge in [0.1, 0.15) is 24.7 Å². The van der Waals surface area contributed by atoms with Crippen molar-refractivity contribution >= 4 is 11.6 Å². The molecule has 5 nitrogen and oxygen atoms in total. The molecule has 0 atom stereocenters. The van der Waals surface area contributed by atoms with Crippen LogP contribution in [-0.2, 0) is 4.79 Å². The van der Waals surface area contributed by atoms with Crippen LogP contribution in [0.4, 0.5) is 5.69 Å². The van der Waals surface area contributed by atoms with Gasteiger partial charge in [0, 0.05) is 18.8 Å². The summed E-state index contributed by atoms with van der Waals surface area (Å²) in [6.45, 7) is 9.49. The summed E-state index contributed by atoms with van der Waals surface area (Å²) >= 11 is 0. The largest absolute Gasteiger partial charge is 0.490 e. The third-order valence-corrected chi connectivity index (χ3v) is 3.71. The first kappa shape index (κ1) is 20.1. The van der Waals surface area contributed by atoms with Crippen LogP contribution >= 0.6 is 0 Å². The Morgan fingerprint density at radius 1 is 0.889 bits per heavy atom. The lowest BCUT2D eigenvalue weighted by atomic mass is 10.3. The van der Waals surface area contributed by atoms with Crippen LogP contribution in [0.3, 0.4) is 0 Å². The molecule has 0 aliphatic rings. The van der Waals surface area contributed by atoms with Crippen molar-refractivity contribution in [1.82, 2.24) is 4.90 Å². The van der Waals surface area contributed by atoms with Gasteiger partial charge in [-0.15, -0.1) is 13.2 Å². The van der Waals surface area contributed by atoms with Crippen LogP contribution in [0.15, 0.2) is 79.9 Å². The van der Waals surface area contributed by atoms with Gasteiger partial charge in [0.25, 0.3) is 0 Å². The summed E-state index contributed by atoms with van der Waals surface area (Å²) in [6.07, 6.45) is 3.41. The molecule has 0 heterocycles. The maximum Gasteiger partial charge on any atom is 0.242 e. The number of hydrogen-bond acceptors (Lipinski definition) is 4. The van der Waals surface area contributed by atoms with Crippen molar-refractivity contribution in [2.24, 2.45) is 0 Å². The van der Waals surface area contributed by atoms with Crippen LogP contribution in [0.2, 0.25) is 0 Å². The second kappa shape index (κ2) is 11.4. The summed E-state index contributed by atoms with van der Waals surface area (Å²) in [4.78, 5) is 13.9. The average molecular weight is 366 g/mol. The summed E-state index contributed by atoms with van der Waals surface area (Å²) in [5.74, 6) is 1.57. The fourth-order valence-corrected chi connectivity index (χ4v) is 2.38. The van der Waals surface area contributed by atoms with Crippen molar-refractivity contribution in [1.29, 1.82) is 0 Å². The zero-order valence-electron chi connectivity index (χ0n) is 15.5. The Hall–Kier alpha value is -3.21. The normalized spacial score (nSPS) is 9.93. The molecule has 0 saturated heterocycles. The van der Waals surface area contributed by atoms with E-state index < -0.39 is 0 Å². The van der Waals surface area contributed by atoms with E-state index in [1.54, 1.807) is 17.1 Å². The highest BCUT2D eigenvalue weighted by atomic mass is 16.5. The molecule has 1 amide bonds. The highest BCUT2D eigenvalue weighted by Gasteiger charge is 2.09. The first-order valence-electron chi connectivity index (χ1n) is 8.87. The second-order valence-electron chi connectivity index (χ2n) is 5.76. The number of carbonyl (C=O) groups excluding carboxylic acids is 1. The number of amides is 1. The van der Waals surface area contributed by atoms with E-state index in [2.05, 4.69) is 18.5 Å². The highest BCUT2D eigenvalue weighted by Crippen LogP contribution is 2.16. The molecule has 0 radical (unpaired) electrons. The third kappa shape index (κ3) is 7.28. The van der Waals surface area contributed by atoms with Crippen molar-refractivity contribution in [2.45, 2.75) is 0 Å². The minimum Gasteiger partial charge on any atom is -0.490 e. The predicted molar refractivity (Wildman–Crippen MR) is 109 cm³/mol. The van der Waals surface area contributed by atoms with Crippen molar-refractivity contribution < 1.29 is 14.3 Å². The predicted octanol–water partition coefficient (Wildman–Crippen LogP) is 3.76. The topological polar surface area (TPSA) is 50.8 Å². The molecule has 2 aromatic carbocycles. The van der Waals surface area contributed by atoms with Gasteiger partial charge < -0.3 is 19.7 Å². The molecule has 1 N–H and O–H groups in total. The number of rotatable bonds is 12. The number of hydrogen-bond donors (Lipinski definition) is 1. The summed E-state index contributed by atoms with van der Waals surface area (Å²) in [5, 5.41) is 3.12. The summed E-state index contributed by atoms with van der Waals surface area (Å²) in [6, 6.07) is 17.1. The summed E-state index contributed by atoms with van der Waals surface area (Å²) in [5.41, 5.74) is 0.855. The lowest BCUT2D eigenvalue weighted by Crippen LogP contribution is -2.35. The standard InChI is InChI=1S/C22H26N2O3/c1-3-14-24(15-4-2)22(25)18-23-19-10-12-21(13-11-19)27-17-16-26-20-8-6-5-7-9-20/h3-13,23H,1-2,14-18H2. The Morgan fingerprint density at radius 3 is 2.00 bits per heavy atom. The molecule has 2 rings (SSSR count). The fraction of sp³-hybridized carbons (Fsp3) is 0.227. The zero-order valence-corrected chi connectivity index (χ0v) is 15.5. The van der Waals surface area contributed by atoms with Gasteiger partial charge >= 0.3 is 0 Å². The maximum absolute atomic E-state index is 12.2. The van der Waals surface area contributed by atoms with Gasteiger partial charge in [-0.2, -0.15) is 0 Å². The van der Waals surface area contributed by atoms with E-state index >= 15 is 0 Å². The molecular weight excluding hydrogens is 340 g/mol. The van der Waals surface area contributed by atoms with Crippen LogP contribution in [0.1, 0.15) is 0 Å². The minimum atomic E-state index is -0.00631. The van der Waals surface area contributed by atoms with Gasteiger partial charge in [0.2, 0.25) is 5.91 Å². The van der Waals surface area contributed by atoms with E-state index in [4.69, 9.17) is 9.47 Å². The van der Waals surface area contributed by atoms with Crippen LogP contribution in [0.25, 0.3) is 0 Å². The van der Waals surface area contributed by atoms with E-state index in [0.717, 1.165) is 17.2 Å². The molecule has 0 fully saturated rings. The van der Waals surface area contributed by atoms with E-state index in [9.17, 15) is 4.79 Å². The number of nitrogens with zero attached hydrogens (tertiary/aromatic N) is 1. The molecule has 142 valence electrons. The SMILES string of the molecule is C=CCN(CC=C)C(=O)CNc1ccc(OCCOc2ccccc2)cc1. The van der Waals surface area contributed by atoms with E-state index in [-0.39, 0.29) is 12.5 Å². The number of nitrogens with one attached hydrogen (secondary N) is 1. The molecule has 0 aromatic heterocycles. The number of benzene rings is 2. The monoisotopic (exact) mass is 366 g/mol. The Balaban J connectivity index is 1.72. The van der Waals surface area contributed by atoms with E-state index in [1.165, 1.54) is 0 Å². The molecule has 0 unspecified atom stereocenters. The van der Waals surface area contributed by atoms with Crippen molar-refractivity contribution in [2.75, 3.05) is 38.2 Å². The molecule has 27 heavy (non-hydrogen) atoms. The number of carbonyl (C=O) groups is 1. The van der Waals surface area contributed by atoms with Crippen LogP contribution in [0.5, 0.6) is 11.5 Å². The van der Waals surface area contributed by atoms with Gasteiger partial charge in [0.05, 0.1) is 6.54 Å². The minimum absolute atomic E-state index is 0.00631. The van der Waals surface area contributed by atoms with Crippen LogP contribution < -0.4 is 14.8 Å². The molecule has 0 spiro atoms. The maximum atomic E-state index is 12.2. The van der Waals surface area contributed by atoms with Gasteiger partial charge in [-0.05, 0) is 36.4 Å². The Morgan fingerprint density at radius 2 is 1.44 bits per heavy atom. The smallest absolute Gasteiger partial charge is 0.242 e. The van der Waals surface area contributed by atoms with Crippen molar-refractivity contribution in [3.05, 3.63) is 79.9 Å². The summed E-state index contributed by atoms with van der Waals surface area (Å²) in [7, 11) is 0. The van der Waals surface area contributed by atoms with Gasteiger partial charge in [-0.1, -0.05) is 30.4 Å². The van der Waals surface area contributed by atoms with Gasteiger partial charge in [-0.3, -0.25) is 4.79 Å². The molecule has 0 aliphatic heterocycles. The molecule has 2 aromatic rings. The zero-order chi connectivity index (χ0) is 19.3. The van der Waals surface area contributed by atoms with Gasteiger partial charge in [-0.25, -0.2) is 0 Å². The van der Waals surface area contributed by atoms with E-state index in [1.807, 2.05) is 54.6 Å². The highest BCUT2D eigenvalue weighted by molar-refractivity contribution is 5.81. The Kier molecular flexibility index (Phi) is 8.50. The molecule has 5 heteroatoms.